The van der Waals surface area contributed by atoms with Gasteiger partial charge in [0.05, 0.1) is 17.1 Å². The predicted molar refractivity (Wildman–Crippen MR) is 89.9 cm³/mol. The summed E-state index contributed by atoms with van der Waals surface area (Å²) in [6.45, 7) is 7.93. The fourth-order valence-corrected chi connectivity index (χ4v) is 2.99. The van der Waals surface area contributed by atoms with E-state index in [2.05, 4.69) is 25.6 Å². The molecule has 1 amide bonds. The van der Waals surface area contributed by atoms with Gasteiger partial charge >= 0.3 is 0 Å². The molecule has 0 radical (unpaired) electrons. The Balaban J connectivity index is 1.99. The van der Waals surface area contributed by atoms with Gasteiger partial charge in [-0.15, -0.1) is 10.2 Å². The van der Waals surface area contributed by atoms with Gasteiger partial charge in [-0.3, -0.25) is 10.1 Å². The second kappa shape index (κ2) is 6.04. The molecule has 3 heterocycles. The third-order valence-electron chi connectivity index (χ3n) is 3.42. The Labute approximate surface area is 137 Å². The number of amides is 1. The molecular weight excluding hydrogens is 312 g/mol. The number of aromatic nitrogens is 5. The number of fused-ring (bicyclic) bond motifs is 1. The Morgan fingerprint density at radius 1 is 1.39 bits per heavy atom. The van der Waals surface area contributed by atoms with Crippen molar-refractivity contribution in [3.8, 4) is 0 Å². The van der Waals surface area contributed by atoms with E-state index in [1.54, 1.807) is 12.3 Å². The van der Waals surface area contributed by atoms with Crippen LogP contribution in [-0.2, 0) is 6.42 Å². The third-order valence-corrected chi connectivity index (χ3v) is 4.40. The molecule has 0 unspecified atom stereocenters. The first-order valence-electron chi connectivity index (χ1n) is 7.48. The summed E-state index contributed by atoms with van der Waals surface area (Å²) in [7, 11) is 0. The number of rotatable bonds is 4. The molecule has 0 fully saturated rings. The second-order valence-corrected chi connectivity index (χ2v) is 6.60. The first-order valence-corrected chi connectivity index (χ1v) is 8.29. The monoisotopic (exact) mass is 330 g/mol. The van der Waals surface area contributed by atoms with Crippen molar-refractivity contribution in [2.24, 2.45) is 0 Å². The van der Waals surface area contributed by atoms with Gasteiger partial charge in [0, 0.05) is 11.7 Å². The number of pyridine rings is 1. The molecule has 0 bridgehead atoms. The van der Waals surface area contributed by atoms with E-state index in [-0.39, 0.29) is 11.9 Å². The van der Waals surface area contributed by atoms with Crippen LogP contribution in [0.3, 0.4) is 0 Å². The third kappa shape index (κ3) is 2.94. The van der Waals surface area contributed by atoms with Crippen molar-refractivity contribution in [3.63, 3.8) is 0 Å². The molecule has 0 saturated carbocycles. The van der Waals surface area contributed by atoms with E-state index in [1.165, 1.54) is 11.3 Å². The van der Waals surface area contributed by atoms with Crippen molar-refractivity contribution in [1.82, 2.24) is 25.0 Å². The van der Waals surface area contributed by atoms with E-state index < -0.39 is 0 Å². The molecule has 3 aromatic rings. The van der Waals surface area contributed by atoms with Gasteiger partial charge in [-0.2, -0.15) is 5.10 Å². The average Bonchev–Trinajstić information content (AvgIpc) is 3.12. The first-order chi connectivity index (χ1) is 11.0. The molecule has 0 spiro atoms. The molecule has 7 nitrogen and oxygen atoms in total. The maximum Gasteiger partial charge on any atom is 0.258 e. The summed E-state index contributed by atoms with van der Waals surface area (Å²) >= 11 is 1.38. The number of carbonyl (C=O) groups is 1. The molecule has 0 atom stereocenters. The van der Waals surface area contributed by atoms with Gasteiger partial charge in [0.1, 0.15) is 5.01 Å². The molecule has 0 aromatic carbocycles. The SMILES string of the molecule is CCc1nnc(NC(=O)c2cc(C)nc3c2cnn3C(C)C)s1. The molecule has 0 aliphatic heterocycles. The van der Waals surface area contributed by atoms with Gasteiger partial charge < -0.3 is 0 Å². The van der Waals surface area contributed by atoms with Crippen molar-refractivity contribution in [2.75, 3.05) is 5.32 Å². The summed E-state index contributed by atoms with van der Waals surface area (Å²) in [5, 5.41) is 17.3. The number of nitrogens with one attached hydrogen (secondary N) is 1. The lowest BCUT2D eigenvalue weighted by Crippen LogP contribution is -2.13. The molecule has 1 N–H and O–H groups in total. The lowest BCUT2D eigenvalue weighted by molar-refractivity contribution is 0.102. The van der Waals surface area contributed by atoms with Gasteiger partial charge in [-0.1, -0.05) is 18.3 Å². The van der Waals surface area contributed by atoms with Crippen LogP contribution in [0.5, 0.6) is 0 Å². The fraction of sp³-hybridized carbons (Fsp3) is 0.400. The lowest BCUT2D eigenvalue weighted by atomic mass is 10.1. The van der Waals surface area contributed by atoms with Crippen LogP contribution < -0.4 is 5.32 Å². The topological polar surface area (TPSA) is 85.6 Å². The van der Waals surface area contributed by atoms with Gasteiger partial charge in [-0.05, 0) is 33.3 Å². The summed E-state index contributed by atoms with van der Waals surface area (Å²) in [6.07, 6.45) is 2.49. The summed E-state index contributed by atoms with van der Waals surface area (Å²) in [5.41, 5.74) is 2.04. The summed E-state index contributed by atoms with van der Waals surface area (Å²) in [4.78, 5) is 17.1. The largest absolute Gasteiger partial charge is 0.296 e. The van der Waals surface area contributed by atoms with Gasteiger partial charge in [-0.25, -0.2) is 9.67 Å². The molecular formula is C15H18N6OS. The summed E-state index contributed by atoms with van der Waals surface area (Å²) < 4.78 is 1.82. The van der Waals surface area contributed by atoms with Crippen molar-refractivity contribution in [1.29, 1.82) is 0 Å². The van der Waals surface area contributed by atoms with Crippen LogP contribution in [0.2, 0.25) is 0 Å². The minimum absolute atomic E-state index is 0.174. The lowest BCUT2D eigenvalue weighted by Gasteiger charge is -2.08. The highest BCUT2D eigenvalue weighted by atomic mass is 32.1. The Kier molecular flexibility index (Phi) is 4.08. The number of aryl methyl sites for hydroxylation is 2. The molecule has 120 valence electrons. The maximum atomic E-state index is 12.6. The number of hydrogen-bond donors (Lipinski definition) is 1. The Morgan fingerprint density at radius 3 is 2.83 bits per heavy atom. The fourth-order valence-electron chi connectivity index (χ4n) is 2.32. The van der Waals surface area contributed by atoms with Crippen LogP contribution in [0.15, 0.2) is 12.3 Å². The molecule has 8 heteroatoms. The van der Waals surface area contributed by atoms with Crippen molar-refractivity contribution >= 4 is 33.4 Å². The first kappa shape index (κ1) is 15.5. The molecule has 23 heavy (non-hydrogen) atoms. The normalized spacial score (nSPS) is 11.3. The van der Waals surface area contributed by atoms with Crippen molar-refractivity contribution in [3.05, 3.63) is 28.5 Å². The van der Waals surface area contributed by atoms with Gasteiger partial charge in [0.2, 0.25) is 5.13 Å². The van der Waals surface area contributed by atoms with Crippen LogP contribution in [-0.4, -0.2) is 30.9 Å². The van der Waals surface area contributed by atoms with E-state index in [4.69, 9.17) is 0 Å². The van der Waals surface area contributed by atoms with E-state index in [0.29, 0.717) is 10.7 Å². The molecule has 0 saturated heterocycles. The number of carbonyl (C=O) groups excluding carboxylic acids is 1. The Hall–Kier alpha value is -2.35. The Morgan fingerprint density at radius 2 is 2.17 bits per heavy atom. The smallest absolute Gasteiger partial charge is 0.258 e. The van der Waals surface area contributed by atoms with Crippen LogP contribution in [0.25, 0.3) is 11.0 Å². The molecule has 3 aromatic heterocycles. The number of anilines is 1. The average molecular weight is 330 g/mol. The van der Waals surface area contributed by atoms with Crippen molar-refractivity contribution < 1.29 is 4.79 Å². The standard InChI is InChI=1S/C15H18N6OS/c1-5-12-19-20-15(23-12)18-14(22)10-6-9(4)17-13-11(10)7-16-21(13)8(2)3/h6-8H,5H2,1-4H3,(H,18,20,22). The predicted octanol–water partition coefficient (Wildman–Crippen LogP) is 2.99. The molecule has 0 aliphatic carbocycles. The highest BCUT2D eigenvalue weighted by Crippen LogP contribution is 2.23. The second-order valence-electron chi connectivity index (χ2n) is 5.54. The highest BCUT2D eigenvalue weighted by Gasteiger charge is 2.18. The summed E-state index contributed by atoms with van der Waals surface area (Å²) in [5.74, 6) is -0.220. The maximum absolute atomic E-state index is 12.6. The number of nitrogens with zero attached hydrogens (tertiary/aromatic N) is 5. The zero-order valence-corrected chi connectivity index (χ0v) is 14.3. The van der Waals surface area contributed by atoms with Crippen LogP contribution in [0, 0.1) is 6.92 Å². The van der Waals surface area contributed by atoms with Gasteiger partial charge in [0.25, 0.3) is 5.91 Å². The minimum atomic E-state index is -0.220. The minimum Gasteiger partial charge on any atom is -0.296 e. The van der Waals surface area contributed by atoms with E-state index in [1.807, 2.05) is 32.4 Å². The quantitative estimate of drug-likeness (QED) is 0.795. The van der Waals surface area contributed by atoms with E-state index >= 15 is 0 Å². The van der Waals surface area contributed by atoms with E-state index in [0.717, 1.165) is 28.2 Å². The van der Waals surface area contributed by atoms with Crippen LogP contribution >= 0.6 is 11.3 Å². The molecule has 3 rings (SSSR count). The zero-order valence-electron chi connectivity index (χ0n) is 13.5. The van der Waals surface area contributed by atoms with Crippen LogP contribution in [0.4, 0.5) is 5.13 Å². The highest BCUT2D eigenvalue weighted by molar-refractivity contribution is 7.15. The number of hydrogen-bond acceptors (Lipinski definition) is 6. The van der Waals surface area contributed by atoms with Crippen LogP contribution in [0.1, 0.15) is 47.9 Å². The summed E-state index contributed by atoms with van der Waals surface area (Å²) in [6, 6.07) is 1.94. The Bertz CT molecular complexity index is 866. The zero-order chi connectivity index (χ0) is 16.6. The van der Waals surface area contributed by atoms with Crippen molar-refractivity contribution in [2.45, 2.75) is 40.2 Å². The van der Waals surface area contributed by atoms with E-state index in [9.17, 15) is 4.79 Å². The van der Waals surface area contributed by atoms with Gasteiger partial charge in [0.15, 0.2) is 5.65 Å². The molecule has 0 aliphatic rings.